The number of amides is 1. The van der Waals surface area contributed by atoms with Crippen LogP contribution in [0.1, 0.15) is 57.8 Å². The van der Waals surface area contributed by atoms with Crippen LogP contribution in [-0.2, 0) is 4.74 Å². The summed E-state index contributed by atoms with van der Waals surface area (Å²) in [6.07, 6.45) is -0.232. The standard InChI is InChI=1S/C17H26FNO3/c1-6-8-14(19-16(21)22-17(3,4)5)15(20)12-9-7-10-13(18)11(12)2/h7,9-10,14-15,20H,6,8H2,1-5H3,(H,19,21)/t14-,15+/m1/s1. The number of halogens is 1. The fourth-order valence-electron chi connectivity index (χ4n) is 2.24. The van der Waals surface area contributed by atoms with Crippen LogP contribution in [0.2, 0.25) is 0 Å². The molecule has 1 aromatic rings. The molecule has 0 radical (unpaired) electrons. The number of carbonyl (C=O) groups is 1. The number of rotatable bonds is 5. The van der Waals surface area contributed by atoms with Crippen LogP contribution in [0.4, 0.5) is 9.18 Å². The molecule has 0 unspecified atom stereocenters. The van der Waals surface area contributed by atoms with E-state index >= 15 is 0 Å². The summed E-state index contributed by atoms with van der Waals surface area (Å²) in [7, 11) is 0. The Morgan fingerprint density at radius 2 is 2.05 bits per heavy atom. The lowest BCUT2D eigenvalue weighted by molar-refractivity contribution is 0.0412. The summed E-state index contributed by atoms with van der Waals surface area (Å²) < 4.78 is 18.9. The molecule has 0 aliphatic carbocycles. The first-order valence-electron chi connectivity index (χ1n) is 7.58. The highest BCUT2D eigenvalue weighted by Crippen LogP contribution is 2.25. The average molecular weight is 311 g/mol. The zero-order valence-electron chi connectivity index (χ0n) is 13.9. The predicted molar refractivity (Wildman–Crippen MR) is 84.2 cm³/mol. The van der Waals surface area contributed by atoms with Crippen LogP contribution in [0.15, 0.2) is 18.2 Å². The van der Waals surface area contributed by atoms with Gasteiger partial charge in [0.1, 0.15) is 11.4 Å². The molecule has 4 nitrogen and oxygen atoms in total. The van der Waals surface area contributed by atoms with E-state index in [1.165, 1.54) is 6.07 Å². The Morgan fingerprint density at radius 1 is 1.41 bits per heavy atom. The molecule has 1 aromatic carbocycles. The van der Waals surface area contributed by atoms with E-state index in [9.17, 15) is 14.3 Å². The van der Waals surface area contributed by atoms with E-state index in [4.69, 9.17) is 4.74 Å². The van der Waals surface area contributed by atoms with Crippen molar-refractivity contribution in [3.05, 3.63) is 35.1 Å². The Kier molecular flexibility index (Phi) is 6.35. The summed E-state index contributed by atoms with van der Waals surface area (Å²) in [4.78, 5) is 11.9. The van der Waals surface area contributed by atoms with Crippen molar-refractivity contribution < 1.29 is 19.0 Å². The Morgan fingerprint density at radius 3 is 2.59 bits per heavy atom. The normalized spacial score (nSPS) is 14.3. The van der Waals surface area contributed by atoms with Gasteiger partial charge in [0.25, 0.3) is 0 Å². The van der Waals surface area contributed by atoms with Gasteiger partial charge >= 0.3 is 6.09 Å². The third-order valence-corrected chi connectivity index (χ3v) is 3.31. The second kappa shape index (κ2) is 7.58. The molecule has 0 aliphatic heterocycles. The molecule has 0 heterocycles. The maximum atomic E-state index is 13.7. The van der Waals surface area contributed by atoms with Crippen LogP contribution in [0, 0.1) is 12.7 Å². The number of hydrogen-bond acceptors (Lipinski definition) is 3. The van der Waals surface area contributed by atoms with Gasteiger partial charge in [-0.3, -0.25) is 0 Å². The van der Waals surface area contributed by atoms with Crippen molar-refractivity contribution in [1.29, 1.82) is 0 Å². The van der Waals surface area contributed by atoms with Crippen LogP contribution < -0.4 is 5.32 Å². The zero-order chi connectivity index (χ0) is 16.9. The number of hydrogen-bond donors (Lipinski definition) is 2. The fourth-order valence-corrected chi connectivity index (χ4v) is 2.24. The van der Waals surface area contributed by atoms with Crippen molar-refractivity contribution >= 4 is 6.09 Å². The van der Waals surface area contributed by atoms with Gasteiger partial charge in [0.05, 0.1) is 12.1 Å². The lowest BCUT2D eigenvalue weighted by Crippen LogP contribution is -2.42. The van der Waals surface area contributed by atoms with Gasteiger partial charge in [-0.25, -0.2) is 9.18 Å². The molecule has 2 N–H and O–H groups in total. The van der Waals surface area contributed by atoms with Crippen LogP contribution >= 0.6 is 0 Å². The highest BCUT2D eigenvalue weighted by atomic mass is 19.1. The molecule has 124 valence electrons. The maximum Gasteiger partial charge on any atom is 0.407 e. The summed E-state index contributed by atoms with van der Waals surface area (Å²) >= 11 is 0. The van der Waals surface area contributed by atoms with Crippen molar-refractivity contribution in [3.8, 4) is 0 Å². The van der Waals surface area contributed by atoms with E-state index in [2.05, 4.69) is 5.32 Å². The third-order valence-electron chi connectivity index (χ3n) is 3.31. The van der Waals surface area contributed by atoms with Gasteiger partial charge in [-0.15, -0.1) is 0 Å². The number of benzene rings is 1. The summed E-state index contributed by atoms with van der Waals surface area (Å²) in [6, 6.07) is 4.04. The molecular weight excluding hydrogens is 285 g/mol. The molecule has 0 spiro atoms. The van der Waals surface area contributed by atoms with Crippen molar-refractivity contribution in [2.24, 2.45) is 0 Å². The molecule has 0 saturated carbocycles. The Hall–Kier alpha value is -1.62. The smallest absolute Gasteiger partial charge is 0.407 e. The highest BCUT2D eigenvalue weighted by molar-refractivity contribution is 5.68. The maximum absolute atomic E-state index is 13.7. The molecule has 0 saturated heterocycles. The van der Waals surface area contributed by atoms with E-state index in [-0.39, 0.29) is 5.82 Å². The van der Waals surface area contributed by atoms with E-state index in [0.29, 0.717) is 17.5 Å². The van der Waals surface area contributed by atoms with Gasteiger partial charge in [-0.2, -0.15) is 0 Å². The number of nitrogens with one attached hydrogen (secondary N) is 1. The molecule has 0 aliphatic rings. The number of ether oxygens (including phenoxy) is 1. The minimum absolute atomic E-state index is 0.371. The quantitative estimate of drug-likeness (QED) is 0.868. The molecule has 5 heteroatoms. The van der Waals surface area contributed by atoms with Crippen LogP contribution in [0.5, 0.6) is 0 Å². The number of alkyl carbamates (subject to hydrolysis) is 1. The molecule has 1 amide bonds. The lowest BCUT2D eigenvalue weighted by Gasteiger charge is -2.27. The van der Waals surface area contributed by atoms with Gasteiger partial charge in [-0.05, 0) is 51.3 Å². The number of aliphatic hydroxyl groups is 1. The molecule has 1 rings (SSSR count). The van der Waals surface area contributed by atoms with Crippen molar-refractivity contribution in [2.75, 3.05) is 0 Å². The van der Waals surface area contributed by atoms with Crippen molar-refractivity contribution in [1.82, 2.24) is 5.32 Å². The molecule has 0 fully saturated rings. The van der Waals surface area contributed by atoms with E-state index < -0.39 is 23.8 Å². The summed E-state index contributed by atoms with van der Waals surface area (Å²) in [6.45, 7) is 8.89. The van der Waals surface area contributed by atoms with Crippen LogP contribution in [-0.4, -0.2) is 22.8 Å². The Bertz CT molecular complexity index is 511. The Balaban J connectivity index is 2.90. The summed E-state index contributed by atoms with van der Waals surface area (Å²) in [5.41, 5.74) is 0.261. The fraction of sp³-hybridized carbons (Fsp3) is 0.588. The van der Waals surface area contributed by atoms with E-state index in [0.717, 1.165) is 6.42 Å². The molecule has 22 heavy (non-hydrogen) atoms. The largest absolute Gasteiger partial charge is 0.444 e. The second-order valence-corrected chi connectivity index (χ2v) is 6.44. The average Bonchev–Trinajstić information content (AvgIpc) is 2.38. The highest BCUT2D eigenvalue weighted by Gasteiger charge is 2.26. The number of carbonyl (C=O) groups excluding carboxylic acids is 1. The van der Waals surface area contributed by atoms with E-state index in [1.54, 1.807) is 39.8 Å². The van der Waals surface area contributed by atoms with Gasteiger partial charge in [0.15, 0.2) is 0 Å². The Labute approximate surface area is 131 Å². The summed E-state index contributed by atoms with van der Waals surface area (Å²) in [5, 5.41) is 13.2. The topological polar surface area (TPSA) is 58.6 Å². The van der Waals surface area contributed by atoms with Crippen LogP contribution in [0.3, 0.4) is 0 Å². The van der Waals surface area contributed by atoms with E-state index in [1.807, 2.05) is 6.92 Å². The molecular formula is C17H26FNO3. The van der Waals surface area contributed by atoms with Crippen molar-refractivity contribution in [2.45, 2.75) is 65.2 Å². The van der Waals surface area contributed by atoms with Gasteiger partial charge < -0.3 is 15.2 Å². The minimum atomic E-state index is -0.983. The van der Waals surface area contributed by atoms with Gasteiger partial charge in [0.2, 0.25) is 0 Å². The molecule has 2 atom stereocenters. The molecule has 0 aromatic heterocycles. The monoisotopic (exact) mass is 311 g/mol. The zero-order valence-corrected chi connectivity index (χ0v) is 13.9. The first-order valence-corrected chi connectivity index (χ1v) is 7.58. The SMILES string of the molecule is CCC[C@@H](NC(=O)OC(C)(C)C)[C@@H](O)c1cccc(F)c1C. The predicted octanol–water partition coefficient (Wildman–Crippen LogP) is 3.86. The minimum Gasteiger partial charge on any atom is -0.444 e. The van der Waals surface area contributed by atoms with Gasteiger partial charge in [-0.1, -0.05) is 25.5 Å². The second-order valence-electron chi connectivity index (χ2n) is 6.44. The van der Waals surface area contributed by atoms with Crippen molar-refractivity contribution in [3.63, 3.8) is 0 Å². The van der Waals surface area contributed by atoms with Crippen LogP contribution in [0.25, 0.3) is 0 Å². The first kappa shape index (κ1) is 18.4. The third kappa shape index (κ3) is 5.30. The summed E-state index contributed by atoms with van der Waals surface area (Å²) in [5.74, 6) is -0.371. The molecule has 0 bridgehead atoms. The lowest BCUT2D eigenvalue weighted by atomic mass is 9.95. The first-order chi connectivity index (χ1) is 10.2. The van der Waals surface area contributed by atoms with Gasteiger partial charge in [0, 0.05) is 0 Å². The number of aliphatic hydroxyl groups excluding tert-OH is 1.